The molecular formula is C26H38NO9+. The average Bonchev–Trinajstić information content (AvgIpc) is 3.04. The Balaban J connectivity index is 1.63. The molecular weight excluding hydrogens is 470 g/mol. The van der Waals surface area contributed by atoms with Crippen LogP contribution < -0.4 is 0 Å². The van der Waals surface area contributed by atoms with Gasteiger partial charge in [-0.1, -0.05) is 19.4 Å². The topological polar surface area (TPSA) is 147 Å². The normalized spacial score (nSPS) is 38.6. The van der Waals surface area contributed by atoms with Crippen molar-refractivity contribution in [1.29, 1.82) is 0 Å². The summed E-state index contributed by atoms with van der Waals surface area (Å²) in [5.74, 6) is -0.356. The number of fused-ring (bicyclic) bond motifs is 5. The second kappa shape index (κ2) is 8.83. The molecule has 0 aliphatic heterocycles. The van der Waals surface area contributed by atoms with Crippen molar-refractivity contribution in [2.24, 2.45) is 28.6 Å². The lowest BCUT2D eigenvalue weighted by atomic mass is 9.46. The van der Waals surface area contributed by atoms with Crippen LogP contribution in [0.15, 0.2) is 11.6 Å². The van der Waals surface area contributed by atoms with E-state index in [2.05, 4.69) is 11.7 Å². The molecule has 0 aromatic rings. The quantitative estimate of drug-likeness (QED) is 0.288. The van der Waals surface area contributed by atoms with E-state index in [4.69, 9.17) is 9.84 Å². The predicted octanol–water partition coefficient (Wildman–Crippen LogP) is 3.57. The first-order valence-corrected chi connectivity index (χ1v) is 12.7. The lowest BCUT2D eigenvalue weighted by Crippen LogP contribution is -2.71. The Labute approximate surface area is 210 Å². The molecule has 4 rings (SSSR count). The minimum Gasteiger partial charge on any atom is -0.477 e. The van der Waals surface area contributed by atoms with Gasteiger partial charge >= 0.3 is 18.2 Å². The maximum Gasteiger partial charge on any atom is 0.519 e. The third-order valence-electron chi connectivity index (χ3n) is 10.3. The number of hydrogen-bond acceptors (Lipinski definition) is 7. The highest BCUT2D eigenvalue weighted by molar-refractivity contribution is 5.91. The van der Waals surface area contributed by atoms with Gasteiger partial charge in [-0.2, -0.15) is 4.79 Å². The van der Waals surface area contributed by atoms with Crippen molar-refractivity contribution >= 4 is 24.0 Å². The third kappa shape index (κ3) is 3.84. The number of amides is 1. The van der Waals surface area contributed by atoms with Gasteiger partial charge in [0.25, 0.3) is 0 Å². The Morgan fingerprint density at radius 3 is 2.33 bits per heavy atom. The molecule has 3 saturated carbocycles. The molecule has 4 aliphatic rings. The van der Waals surface area contributed by atoms with Crippen LogP contribution in [0.1, 0.15) is 65.2 Å². The number of quaternary nitrogens is 1. The molecule has 0 heterocycles. The van der Waals surface area contributed by atoms with Gasteiger partial charge in [0, 0.05) is 11.8 Å². The minimum absolute atomic E-state index is 0.0473. The lowest BCUT2D eigenvalue weighted by Gasteiger charge is -2.59. The predicted molar refractivity (Wildman–Crippen MR) is 126 cm³/mol. The van der Waals surface area contributed by atoms with Crippen LogP contribution in [-0.2, 0) is 19.1 Å². The van der Waals surface area contributed by atoms with E-state index in [0.29, 0.717) is 31.1 Å². The van der Waals surface area contributed by atoms with Gasteiger partial charge in [0.2, 0.25) is 12.8 Å². The molecule has 7 atom stereocenters. The van der Waals surface area contributed by atoms with E-state index < -0.39 is 46.6 Å². The number of likely N-dealkylation sites (N-methyl/N-ethyl adjacent to an activating group) is 1. The standard InChI is InChI=1S/C26H37NO9/c1-24-10-7-16(28)13-15(24)5-6-17-18(24)8-11-25(2)19(17)9-12-26(25,34)20(21(29)30)27(3,4)22(31)35-14-36-23(32)33/h13,17-20,34H,5-12,14H2,1-4H3,(H-,29,30,32,33)/p+1/t17?,18?,19?,20?,24-,25-,26-/m0/s1. The summed E-state index contributed by atoms with van der Waals surface area (Å²) in [6.07, 6.45) is 4.69. The summed E-state index contributed by atoms with van der Waals surface area (Å²) < 4.78 is 8.35. The zero-order valence-electron chi connectivity index (χ0n) is 21.5. The van der Waals surface area contributed by atoms with E-state index in [9.17, 15) is 29.4 Å². The average molecular weight is 509 g/mol. The van der Waals surface area contributed by atoms with Crippen LogP contribution in [0.3, 0.4) is 0 Å². The van der Waals surface area contributed by atoms with Gasteiger partial charge < -0.3 is 24.8 Å². The molecule has 3 fully saturated rings. The van der Waals surface area contributed by atoms with Crippen molar-refractivity contribution in [3.63, 3.8) is 0 Å². The summed E-state index contributed by atoms with van der Waals surface area (Å²) in [4.78, 5) is 48.2. The number of aliphatic hydroxyl groups is 1. The summed E-state index contributed by atoms with van der Waals surface area (Å²) in [7, 11) is 2.72. The van der Waals surface area contributed by atoms with Crippen molar-refractivity contribution in [3.8, 4) is 0 Å². The van der Waals surface area contributed by atoms with E-state index in [0.717, 1.165) is 25.7 Å². The second-order valence-electron chi connectivity index (χ2n) is 12.1. The van der Waals surface area contributed by atoms with Gasteiger partial charge in [-0.15, -0.1) is 0 Å². The highest BCUT2D eigenvalue weighted by atomic mass is 16.8. The molecule has 0 saturated heterocycles. The fraction of sp³-hybridized carbons (Fsp3) is 0.769. The van der Waals surface area contributed by atoms with Crippen molar-refractivity contribution in [1.82, 2.24) is 0 Å². The van der Waals surface area contributed by atoms with E-state index in [1.165, 1.54) is 19.7 Å². The van der Waals surface area contributed by atoms with E-state index >= 15 is 0 Å². The first kappa shape index (κ1) is 26.6. The Hall–Kier alpha value is -2.46. The minimum atomic E-state index is -1.68. The number of rotatable bonds is 5. The molecule has 10 nitrogen and oxygen atoms in total. The third-order valence-corrected chi connectivity index (χ3v) is 10.3. The lowest BCUT2D eigenvalue weighted by molar-refractivity contribution is -0.845. The van der Waals surface area contributed by atoms with Crippen molar-refractivity contribution in [3.05, 3.63) is 11.6 Å². The molecule has 0 aromatic heterocycles. The number of carboxylic acids is 1. The van der Waals surface area contributed by atoms with Crippen LogP contribution in [0.2, 0.25) is 0 Å². The van der Waals surface area contributed by atoms with Crippen LogP contribution in [0, 0.1) is 28.6 Å². The summed E-state index contributed by atoms with van der Waals surface area (Å²) in [6, 6.07) is -1.51. The first-order valence-electron chi connectivity index (χ1n) is 12.7. The largest absolute Gasteiger partial charge is 0.519 e. The molecule has 36 heavy (non-hydrogen) atoms. The van der Waals surface area contributed by atoms with Crippen LogP contribution >= 0.6 is 0 Å². The van der Waals surface area contributed by atoms with Crippen molar-refractivity contribution in [2.75, 3.05) is 20.9 Å². The Kier molecular flexibility index (Phi) is 6.53. The number of ketones is 1. The zero-order valence-corrected chi connectivity index (χ0v) is 21.5. The Morgan fingerprint density at radius 1 is 1.03 bits per heavy atom. The summed E-state index contributed by atoms with van der Waals surface area (Å²) in [6.45, 7) is 3.37. The van der Waals surface area contributed by atoms with Crippen LogP contribution in [0.25, 0.3) is 0 Å². The number of nitrogens with zero attached hydrogens (tertiary/aromatic N) is 1. The number of ether oxygens (including phenoxy) is 2. The Morgan fingerprint density at radius 2 is 1.69 bits per heavy atom. The summed E-state index contributed by atoms with van der Waals surface area (Å²) >= 11 is 0. The molecule has 10 heteroatoms. The maximum atomic E-state index is 12.9. The van der Waals surface area contributed by atoms with Gasteiger partial charge in [-0.25, -0.2) is 14.1 Å². The summed E-state index contributed by atoms with van der Waals surface area (Å²) in [5.41, 5.74) is -1.21. The molecule has 0 aromatic carbocycles. The zero-order chi connectivity index (χ0) is 26.7. The van der Waals surface area contributed by atoms with Gasteiger partial charge in [-0.05, 0) is 74.2 Å². The molecule has 200 valence electrons. The fourth-order valence-corrected chi connectivity index (χ4v) is 8.48. The highest BCUT2D eigenvalue weighted by Gasteiger charge is 2.71. The number of carboxylic acid groups (broad SMARTS) is 2. The van der Waals surface area contributed by atoms with E-state index in [1.807, 2.05) is 13.0 Å². The van der Waals surface area contributed by atoms with Crippen molar-refractivity contribution in [2.45, 2.75) is 76.9 Å². The highest BCUT2D eigenvalue weighted by Crippen LogP contribution is 2.68. The van der Waals surface area contributed by atoms with E-state index in [-0.39, 0.29) is 23.5 Å². The molecule has 4 aliphatic carbocycles. The van der Waals surface area contributed by atoms with Crippen molar-refractivity contribution < 1.29 is 48.5 Å². The van der Waals surface area contributed by atoms with Crippen LogP contribution in [-0.4, -0.2) is 76.3 Å². The van der Waals surface area contributed by atoms with Gasteiger partial charge in [0.15, 0.2) is 5.78 Å². The van der Waals surface area contributed by atoms with Crippen LogP contribution in [0.4, 0.5) is 9.59 Å². The van der Waals surface area contributed by atoms with Gasteiger partial charge in [0.1, 0.15) is 5.60 Å². The molecule has 0 radical (unpaired) electrons. The van der Waals surface area contributed by atoms with Gasteiger partial charge in [-0.3, -0.25) is 4.79 Å². The first-order chi connectivity index (χ1) is 16.7. The van der Waals surface area contributed by atoms with Crippen LogP contribution in [0.5, 0.6) is 0 Å². The molecule has 0 bridgehead atoms. The number of aliphatic carboxylic acids is 1. The van der Waals surface area contributed by atoms with Gasteiger partial charge in [0.05, 0.1) is 14.1 Å². The fourth-order valence-electron chi connectivity index (χ4n) is 8.48. The smallest absolute Gasteiger partial charge is 0.477 e. The second-order valence-corrected chi connectivity index (χ2v) is 12.1. The SMILES string of the molecule is C[C@]12CCC(=O)C=C1CCC1C2CC[C@@]2(C)C1CC[C@]2(O)C(C(=O)O)[N+](C)(C)C(=O)OCOC(=O)O. The number of carbonyl (C=O) groups is 4. The molecule has 0 spiro atoms. The van der Waals surface area contributed by atoms with E-state index in [1.54, 1.807) is 0 Å². The maximum absolute atomic E-state index is 12.9. The number of hydrogen-bond donors (Lipinski definition) is 3. The number of carbonyl (C=O) groups excluding carboxylic acids is 2. The Bertz CT molecular complexity index is 1010. The monoisotopic (exact) mass is 508 g/mol. The molecule has 1 amide bonds. The summed E-state index contributed by atoms with van der Waals surface area (Å²) in [5, 5.41) is 31.1. The number of allylic oxidation sites excluding steroid dienone is 1. The molecule has 4 unspecified atom stereocenters. The molecule has 3 N–H and O–H groups in total.